The van der Waals surface area contributed by atoms with Crippen molar-refractivity contribution in [3.05, 3.63) is 46.4 Å². The maximum absolute atomic E-state index is 5.80. The van der Waals surface area contributed by atoms with E-state index in [0.29, 0.717) is 12.5 Å². The first-order valence-electron chi connectivity index (χ1n) is 5.77. The van der Waals surface area contributed by atoms with Gasteiger partial charge in [-0.2, -0.15) is 0 Å². The molecule has 4 nitrogen and oxygen atoms in total. The molecule has 1 aromatic carbocycles. The zero-order valence-corrected chi connectivity index (χ0v) is 11.1. The Morgan fingerprint density at radius 2 is 2.17 bits per heavy atom. The number of thiazole rings is 1. The van der Waals surface area contributed by atoms with E-state index >= 15 is 0 Å². The second-order valence-corrected chi connectivity index (χ2v) is 4.83. The van der Waals surface area contributed by atoms with Crippen molar-refractivity contribution in [3.63, 3.8) is 0 Å². The summed E-state index contributed by atoms with van der Waals surface area (Å²) in [4.78, 5) is 8.65. The van der Waals surface area contributed by atoms with E-state index in [1.807, 2.05) is 42.6 Å². The minimum Gasteiger partial charge on any atom is -0.370 e. The van der Waals surface area contributed by atoms with Crippen LogP contribution < -0.4 is 11.1 Å². The molecular weight excluding hydrogens is 244 g/mol. The number of nitrogens with one attached hydrogen (secondary N) is 1. The van der Waals surface area contributed by atoms with Crippen LogP contribution in [0.5, 0.6) is 0 Å². The molecule has 0 spiro atoms. The van der Waals surface area contributed by atoms with E-state index in [4.69, 9.17) is 5.73 Å². The predicted molar refractivity (Wildman–Crippen MR) is 77.1 cm³/mol. The Hall–Kier alpha value is -1.88. The quantitative estimate of drug-likeness (QED) is 0.655. The van der Waals surface area contributed by atoms with Crippen molar-refractivity contribution in [1.82, 2.24) is 4.98 Å². The molecule has 0 saturated heterocycles. The highest BCUT2D eigenvalue weighted by Gasteiger charge is 1.98. The summed E-state index contributed by atoms with van der Waals surface area (Å²) in [5.41, 5.74) is 7.81. The van der Waals surface area contributed by atoms with Gasteiger partial charge in [0.05, 0.1) is 5.01 Å². The van der Waals surface area contributed by atoms with Crippen molar-refractivity contribution < 1.29 is 0 Å². The van der Waals surface area contributed by atoms with Crippen LogP contribution in [0.2, 0.25) is 0 Å². The van der Waals surface area contributed by atoms with E-state index in [0.717, 1.165) is 22.8 Å². The highest BCUT2D eigenvalue weighted by molar-refractivity contribution is 7.09. The van der Waals surface area contributed by atoms with Crippen molar-refractivity contribution >= 4 is 23.0 Å². The number of hydrogen-bond donors (Lipinski definition) is 2. The van der Waals surface area contributed by atoms with Crippen LogP contribution in [0.25, 0.3) is 0 Å². The lowest BCUT2D eigenvalue weighted by atomic mass is 10.3. The van der Waals surface area contributed by atoms with E-state index in [1.165, 1.54) is 0 Å². The Labute approximate surface area is 111 Å². The van der Waals surface area contributed by atoms with Crippen molar-refractivity contribution in [2.75, 3.05) is 11.9 Å². The van der Waals surface area contributed by atoms with Gasteiger partial charge in [0.1, 0.15) is 0 Å². The number of aromatic nitrogens is 1. The van der Waals surface area contributed by atoms with Gasteiger partial charge in [0.2, 0.25) is 0 Å². The molecule has 0 aliphatic rings. The second-order valence-electron chi connectivity index (χ2n) is 3.89. The fourth-order valence-electron chi connectivity index (χ4n) is 1.50. The minimum absolute atomic E-state index is 0.439. The standard InChI is InChI=1S/C13H16N4S/c1-10-9-18-12(16-10)7-8-15-13(14)17-11-5-3-2-4-6-11/h2-6,9H,7-8H2,1H3,(H3,14,15,17). The molecule has 0 atom stereocenters. The van der Waals surface area contributed by atoms with E-state index in [-0.39, 0.29) is 0 Å². The highest BCUT2D eigenvalue weighted by Crippen LogP contribution is 2.09. The first kappa shape index (κ1) is 12.6. The number of nitrogens with two attached hydrogens (primary N) is 1. The van der Waals surface area contributed by atoms with Crippen molar-refractivity contribution in [2.45, 2.75) is 13.3 Å². The Bertz CT molecular complexity index is 519. The molecule has 18 heavy (non-hydrogen) atoms. The first-order valence-corrected chi connectivity index (χ1v) is 6.65. The lowest BCUT2D eigenvalue weighted by Gasteiger charge is -2.04. The smallest absolute Gasteiger partial charge is 0.193 e. The zero-order valence-electron chi connectivity index (χ0n) is 10.3. The van der Waals surface area contributed by atoms with Gasteiger partial charge in [-0.1, -0.05) is 18.2 Å². The second kappa shape index (κ2) is 6.16. The van der Waals surface area contributed by atoms with E-state index in [1.54, 1.807) is 11.3 Å². The molecule has 0 aliphatic heterocycles. The number of para-hydroxylation sites is 1. The van der Waals surface area contributed by atoms with Gasteiger partial charge >= 0.3 is 0 Å². The maximum atomic E-state index is 5.80. The maximum Gasteiger partial charge on any atom is 0.193 e. The van der Waals surface area contributed by atoms with E-state index in [2.05, 4.69) is 15.3 Å². The summed E-state index contributed by atoms with van der Waals surface area (Å²) in [6.45, 7) is 2.65. The number of benzene rings is 1. The number of hydrogen-bond acceptors (Lipinski definition) is 3. The summed E-state index contributed by atoms with van der Waals surface area (Å²) < 4.78 is 0. The third-order valence-electron chi connectivity index (χ3n) is 2.32. The minimum atomic E-state index is 0.439. The Kier molecular flexibility index (Phi) is 4.30. The van der Waals surface area contributed by atoms with E-state index in [9.17, 15) is 0 Å². The molecule has 1 aromatic heterocycles. The van der Waals surface area contributed by atoms with Crippen LogP contribution in [0.3, 0.4) is 0 Å². The summed E-state index contributed by atoms with van der Waals surface area (Å²) in [6.07, 6.45) is 0.829. The number of rotatable bonds is 4. The Morgan fingerprint density at radius 1 is 1.39 bits per heavy atom. The van der Waals surface area contributed by atoms with Crippen LogP contribution in [0.15, 0.2) is 40.7 Å². The number of aliphatic imine (C=N–C) groups is 1. The van der Waals surface area contributed by atoms with Crippen molar-refractivity contribution in [1.29, 1.82) is 0 Å². The lowest BCUT2D eigenvalue weighted by molar-refractivity contribution is 0.942. The van der Waals surface area contributed by atoms with Gasteiger partial charge in [-0.25, -0.2) is 4.98 Å². The molecular formula is C13H16N4S. The predicted octanol–water partition coefficient (Wildman–Crippen LogP) is 2.42. The molecule has 2 rings (SSSR count). The lowest BCUT2D eigenvalue weighted by Crippen LogP contribution is -2.22. The fraction of sp³-hybridized carbons (Fsp3) is 0.231. The number of anilines is 1. The zero-order chi connectivity index (χ0) is 12.8. The first-order chi connectivity index (χ1) is 8.74. The summed E-state index contributed by atoms with van der Waals surface area (Å²) in [7, 11) is 0. The van der Waals surface area contributed by atoms with E-state index < -0.39 is 0 Å². The van der Waals surface area contributed by atoms with Crippen LogP contribution >= 0.6 is 11.3 Å². The Balaban J connectivity index is 1.82. The van der Waals surface area contributed by atoms with Gasteiger partial charge in [0.25, 0.3) is 0 Å². The van der Waals surface area contributed by atoms with Crippen molar-refractivity contribution in [3.8, 4) is 0 Å². The van der Waals surface area contributed by atoms with Gasteiger partial charge in [-0.15, -0.1) is 11.3 Å². The third-order valence-corrected chi connectivity index (χ3v) is 3.35. The third kappa shape index (κ3) is 3.85. The molecule has 94 valence electrons. The van der Waals surface area contributed by atoms with Crippen molar-refractivity contribution in [2.24, 2.45) is 10.7 Å². The van der Waals surface area contributed by atoms with Gasteiger partial charge in [-0.3, -0.25) is 4.99 Å². The van der Waals surface area contributed by atoms with Crippen LogP contribution in [0.4, 0.5) is 5.69 Å². The fourth-order valence-corrected chi connectivity index (χ4v) is 2.26. The van der Waals surface area contributed by atoms with Gasteiger partial charge in [0, 0.05) is 29.7 Å². The van der Waals surface area contributed by atoms with Crippen LogP contribution in [-0.2, 0) is 6.42 Å². The van der Waals surface area contributed by atoms with Crippen LogP contribution in [-0.4, -0.2) is 17.5 Å². The molecule has 0 saturated carbocycles. The topological polar surface area (TPSA) is 63.3 Å². The van der Waals surface area contributed by atoms with Gasteiger partial charge in [-0.05, 0) is 19.1 Å². The number of aryl methyl sites for hydroxylation is 1. The number of nitrogens with zero attached hydrogens (tertiary/aromatic N) is 2. The van der Waals surface area contributed by atoms with Crippen LogP contribution in [0, 0.1) is 6.92 Å². The molecule has 1 heterocycles. The van der Waals surface area contributed by atoms with Gasteiger partial charge in [0.15, 0.2) is 5.96 Å². The molecule has 3 N–H and O–H groups in total. The summed E-state index contributed by atoms with van der Waals surface area (Å²) in [6, 6.07) is 9.77. The van der Waals surface area contributed by atoms with Gasteiger partial charge < -0.3 is 11.1 Å². The SMILES string of the molecule is Cc1csc(CCN=C(N)Nc2ccccc2)n1. The Morgan fingerprint density at radius 3 is 2.83 bits per heavy atom. The summed E-state index contributed by atoms with van der Waals surface area (Å²) in [5.74, 6) is 0.439. The largest absolute Gasteiger partial charge is 0.370 e. The molecule has 0 bridgehead atoms. The van der Waals surface area contributed by atoms with Crippen LogP contribution in [0.1, 0.15) is 10.7 Å². The molecule has 2 aromatic rings. The average molecular weight is 260 g/mol. The molecule has 0 amide bonds. The summed E-state index contributed by atoms with van der Waals surface area (Å²) in [5, 5.41) is 6.19. The monoisotopic (exact) mass is 260 g/mol. The number of guanidine groups is 1. The summed E-state index contributed by atoms with van der Waals surface area (Å²) >= 11 is 1.66. The average Bonchev–Trinajstić information content (AvgIpc) is 2.76. The molecule has 0 aliphatic carbocycles. The normalized spacial score (nSPS) is 11.5. The molecule has 0 fully saturated rings. The highest BCUT2D eigenvalue weighted by atomic mass is 32.1. The molecule has 5 heteroatoms. The molecule has 0 radical (unpaired) electrons. The molecule has 0 unspecified atom stereocenters.